The van der Waals surface area contributed by atoms with Crippen LogP contribution in [-0.2, 0) is 6.54 Å². The molecule has 0 aromatic heterocycles. The van der Waals surface area contributed by atoms with Crippen molar-refractivity contribution in [1.82, 2.24) is 4.90 Å². The van der Waals surface area contributed by atoms with Crippen LogP contribution >= 0.6 is 0 Å². The molecule has 0 radical (unpaired) electrons. The molecule has 1 saturated heterocycles. The highest BCUT2D eigenvalue weighted by atomic mass is 16.1. The van der Waals surface area contributed by atoms with Crippen molar-refractivity contribution < 1.29 is 4.79 Å². The maximum Gasteiger partial charge on any atom is 0.193 e. The Hall–Kier alpha value is -1.93. The molecule has 0 atom stereocenters. The van der Waals surface area contributed by atoms with Gasteiger partial charge in [0.15, 0.2) is 5.78 Å². The molecule has 0 amide bonds. The Balaban J connectivity index is 1.77. The lowest BCUT2D eigenvalue weighted by Gasteiger charge is -2.30. The second-order valence-electron chi connectivity index (χ2n) is 6.03. The summed E-state index contributed by atoms with van der Waals surface area (Å²) in [6, 6.07) is 14.1. The molecule has 1 fully saturated rings. The van der Waals surface area contributed by atoms with Crippen molar-refractivity contribution in [2.75, 3.05) is 13.1 Å². The van der Waals surface area contributed by atoms with Crippen molar-refractivity contribution in [3.63, 3.8) is 0 Å². The lowest BCUT2D eigenvalue weighted by atomic mass is 9.98. The van der Waals surface area contributed by atoms with Crippen molar-refractivity contribution in [2.24, 2.45) is 0 Å². The van der Waals surface area contributed by atoms with E-state index in [2.05, 4.69) is 23.1 Å². The van der Waals surface area contributed by atoms with Gasteiger partial charge >= 0.3 is 0 Å². The van der Waals surface area contributed by atoms with E-state index in [0.717, 1.165) is 28.8 Å². The van der Waals surface area contributed by atoms with Gasteiger partial charge in [0.25, 0.3) is 0 Å². The highest BCUT2D eigenvalue weighted by molar-refractivity contribution is 6.09. The molecule has 2 aromatic carbocycles. The monoisotopic (exact) mass is 279 g/mol. The summed E-state index contributed by atoms with van der Waals surface area (Å²) in [5.74, 6) is 0.109. The van der Waals surface area contributed by atoms with Gasteiger partial charge in [0.1, 0.15) is 0 Å². The molecule has 0 bridgehead atoms. The lowest BCUT2D eigenvalue weighted by Crippen LogP contribution is -2.36. The number of benzene rings is 2. The molecule has 2 aromatic rings. The fourth-order valence-corrected chi connectivity index (χ4v) is 2.83. The smallest absolute Gasteiger partial charge is 0.193 e. The molecule has 2 heteroatoms. The topological polar surface area (TPSA) is 20.3 Å². The zero-order valence-electron chi connectivity index (χ0n) is 12.7. The van der Waals surface area contributed by atoms with Crippen LogP contribution in [0.2, 0.25) is 0 Å². The van der Waals surface area contributed by atoms with Crippen LogP contribution in [0.1, 0.15) is 39.0 Å². The normalized spacial score (nSPS) is 14.8. The van der Waals surface area contributed by atoms with Gasteiger partial charge in [-0.15, -0.1) is 0 Å². The Morgan fingerprint density at radius 3 is 2.10 bits per heavy atom. The van der Waals surface area contributed by atoms with Crippen LogP contribution in [0.3, 0.4) is 0 Å². The van der Waals surface area contributed by atoms with E-state index in [1.165, 1.54) is 25.1 Å². The number of ketones is 1. The molecule has 1 heterocycles. The third-order valence-corrected chi connectivity index (χ3v) is 4.05. The van der Waals surface area contributed by atoms with Crippen LogP contribution in [0.15, 0.2) is 42.5 Å². The predicted molar refractivity (Wildman–Crippen MR) is 85.7 cm³/mol. The molecule has 108 valence electrons. The summed E-state index contributed by atoms with van der Waals surface area (Å²) in [5, 5.41) is 0. The number of carbonyl (C=O) groups excluding carboxylic acids is 1. The van der Waals surface area contributed by atoms with Gasteiger partial charge in [-0.1, -0.05) is 41.5 Å². The van der Waals surface area contributed by atoms with Gasteiger partial charge in [-0.3, -0.25) is 9.69 Å². The third kappa shape index (κ3) is 3.22. The Morgan fingerprint density at radius 1 is 0.952 bits per heavy atom. The van der Waals surface area contributed by atoms with Crippen LogP contribution in [0.4, 0.5) is 0 Å². The highest BCUT2D eigenvalue weighted by Crippen LogP contribution is 2.17. The van der Waals surface area contributed by atoms with Gasteiger partial charge in [0.05, 0.1) is 0 Å². The summed E-state index contributed by atoms with van der Waals surface area (Å²) in [5.41, 5.74) is 5.10. The molecule has 1 aliphatic heterocycles. The SMILES string of the molecule is Cc1cc(C)cc(C(=O)c2ccc(CN3CCC3)cc2)c1. The Kier molecular flexibility index (Phi) is 3.89. The van der Waals surface area contributed by atoms with Crippen LogP contribution in [0, 0.1) is 13.8 Å². The van der Waals surface area contributed by atoms with Crippen molar-refractivity contribution in [3.05, 3.63) is 70.3 Å². The highest BCUT2D eigenvalue weighted by Gasteiger charge is 2.14. The first-order chi connectivity index (χ1) is 10.1. The van der Waals surface area contributed by atoms with Crippen molar-refractivity contribution in [3.8, 4) is 0 Å². The molecule has 3 rings (SSSR count). The zero-order chi connectivity index (χ0) is 14.8. The molecule has 21 heavy (non-hydrogen) atoms. The molecule has 0 aliphatic carbocycles. The number of nitrogens with zero attached hydrogens (tertiary/aromatic N) is 1. The molecule has 0 saturated carbocycles. The Morgan fingerprint density at radius 2 is 1.57 bits per heavy atom. The van der Waals surface area contributed by atoms with Crippen LogP contribution in [0.25, 0.3) is 0 Å². The van der Waals surface area contributed by atoms with E-state index in [4.69, 9.17) is 0 Å². The second-order valence-corrected chi connectivity index (χ2v) is 6.03. The minimum absolute atomic E-state index is 0.109. The molecule has 0 unspecified atom stereocenters. The fraction of sp³-hybridized carbons (Fsp3) is 0.316. The van der Waals surface area contributed by atoms with Crippen LogP contribution in [0.5, 0.6) is 0 Å². The zero-order valence-corrected chi connectivity index (χ0v) is 12.7. The number of carbonyl (C=O) groups is 1. The van der Waals surface area contributed by atoms with E-state index in [0.29, 0.717) is 0 Å². The third-order valence-electron chi connectivity index (χ3n) is 4.05. The largest absolute Gasteiger partial charge is 0.299 e. The molecule has 1 aliphatic rings. The maximum atomic E-state index is 12.5. The average Bonchev–Trinajstić information content (AvgIpc) is 2.42. The van der Waals surface area contributed by atoms with Crippen molar-refractivity contribution in [2.45, 2.75) is 26.8 Å². The fourth-order valence-electron chi connectivity index (χ4n) is 2.83. The number of hydrogen-bond donors (Lipinski definition) is 0. The second kappa shape index (κ2) is 5.82. The van der Waals surface area contributed by atoms with E-state index in [1.807, 2.05) is 38.1 Å². The predicted octanol–water partition coefficient (Wildman–Crippen LogP) is 3.74. The summed E-state index contributed by atoms with van der Waals surface area (Å²) in [6.45, 7) is 7.45. The van der Waals surface area contributed by atoms with Gasteiger partial charge in [-0.25, -0.2) is 0 Å². The summed E-state index contributed by atoms with van der Waals surface area (Å²) in [7, 11) is 0. The lowest BCUT2D eigenvalue weighted by molar-refractivity contribution is 0.103. The molecular formula is C19H21NO. The van der Waals surface area contributed by atoms with E-state index in [-0.39, 0.29) is 5.78 Å². The van der Waals surface area contributed by atoms with E-state index < -0.39 is 0 Å². The van der Waals surface area contributed by atoms with Gasteiger partial charge in [0.2, 0.25) is 0 Å². The standard InChI is InChI=1S/C19H21NO/c1-14-10-15(2)12-18(11-14)19(21)17-6-4-16(5-7-17)13-20-8-3-9-20/h4-7,10-12H,3,8-9,13H2,1-2H3. The molecular weight excluding hydrogens is 258 g/mol. The van der Waals surface area contributed by atoms with E-state index in [9.17, 15) is 4.79 Å². The van der Waals surface area contributed by atoms with Crippen molar-refractivity contribution in [1.29, 1.82) is 0 Å². The summed E-state index contributed by atoms with van der Waals surface area (Å²) >= 11 is 0. The minimum Gasteiger partial charge on any atom is -0.299 e. The summed E-state index contributed by atoms with van der Waals surface area (Å²) in [4.78, 5) is 15.0. The van der Waals surface area contributed by atoms with Gasteiger partial charge in [-0.2, -0.15) is 0 Å². The van der Waals surface area contributed by atoms with E-state index >= 15 is 0 Å². The number of likely N-dealkylation sites (tertiary alicyclic amines) is 1. The van der Waals surface area contributed by atoms with Crippen molar-refractivity contribution >= 4 is 5.78 Å². The average molecular weight is 279 g/mol. The number of hydrogen-bond acceptors (Lipinski definition) is 2. The number of rotatable bonds is 4. The Labute approximate surface area is 126 Å². The first-order valence-corrected chi connectivity index (χ1v) is 7.56. The minimum atomic E-state index is 0.109. The Bertz CT molecular complexity index is 634. The van der Waals surface area contributed by atoms with E-state index in [1.54, 1.807) is 0 Å². The maximum absolute atomic E-state index is 12.5. The molecule has 2 nitrogen and oxygen atoms in total. The summed E-state index contributed by atoms with van der Waals surface area (Å²) < 4.78 is 0. The molecule has 0 N–H and O–H groups in total. The number of aryl methyl sites for hydroxylation is 2. The van der Waals surface area contributed by atoms with Crippen LogP contribution in [-0.4, -0.2) is 23.8 Å². The quantitative estimate of drug-likeness (QED) is 0.795. The summed E-state index contributed by atoms with van der Waals surface area (Å²) in [6.07, 6.45) is 1.31. The first-order valence-electron chi connectivity index (χ1n) is 7.56. The van der Waals surface area contributed by atoms with Gasteiger partial charge in [0, 0.05) is 17.7 Å². The molecule has 0 spiro atoms. The first kappa shape index (κ1) is 14.0. The van der Waals surface area contributed by atoms with Gasteiger partial charge < -0.3 is 0 Å². The van der Waals surface area contributed by atoms with Crippen LogP contribution < -0.4 is 0 Å². The van der Waals surface area contributed by atoms with Gasteiger partial charge in [-0.05, 0) is 51.1 Å².